The van der Waals surface area contributed by atoms with Crippen molar-refractivity contribution in [2.24, 2.45) is 5.92 Å². The minimum Gasteiger partial charge on any atom is -0.208 e. The molecule has 1 aromatic carbocycles. The van der Waals surface area contributed by atoms with Crippen LogP contribution in [-0.2, 0) is 10.0 Å². The van der Waals surface area contributed by atoms with E-state index in [1.165, 1.54) is 0 Å². The lowest BCUT2D eigenvalue weighted by molar-refractivity contribution is 0.440. The summed E-state index contributed by atoms with van der Waals surface area (Å²) in [7, 11) is -3.44. The van der Waals surface area contributed by atoms with Crippen molar-refractivity contribution in [3.05, 3.63) is 28.7 Å². The Morgan fingerprint density at radius 2 is 1.78 bits per heavy atom. The fourth-order valence-corrected chi connectivity index (χ4v) is 3.70. The Kier molecular flexibility index (Phi) is 6.30. The second-order valence-electron chi connectivity index (χ2n) is 4.40. The summed E-state index contributed by atoms with van der Waals surface area (Å²) in [6, 6.07) is 6.58. The monoisotopic (exact) mass is 397 g/mol. The highest BCUT2D eigenvalue weighted by Gasteiger charge is 2.21. The van der Waals surface area contributed by atoms with E-state index in [0.29, 0.717) is 4.90 Å². The van der Waals surface area contributed by atoms with Gasteiger partial charge in [-0.25, -0.2) is 13.1 Å². The van der Waals surface area contributed by atoms with E-state index < -0.39 is 10.0 Å². The van der Waals surface area contributed by atoms with Crippen LogP contribution in [0.2, 0.25) is 0 Å². The van der Waals surface area contributed by atoms with Gasteiger partial charge in [0.05, 0.1) is 4.90 Å². The molecule has 1 atom stereocenters. The van der Waals surface area contributed by atoms with E-state index in [0.717, 1.165) is 16.2 Å². The molecule has 0 bridgehead atoms. The molecule has 0 fully saturated rings. The van der Waals surface area contributed by atoms with Gasteiger partial charge in [0.1, 0.15) is 0 Å². The van der Waals surface area contributed by atoms with E-state index in [-0.39, 0.29) is 12.0 Å². The highest BCUT2D eigenvalue weighted by Crippen LogP contribution is 2.17. The number of rotatable bonds is 6. The van der Waals surface area contributed by atoms with Gasteiger partial charge in [-0.2, -0.15) is 0 Å². The molecule has 0 saturated heterocycles. The van der Waals surface area contributed by atoms with E-state index in [9.17, 15) is 8.42 Å². The Bertz CT molecular complexity index is 471. The number of halogens is 2. The summed E-state index contributed by atoms with van der Waals surface area (Å²) < 4.78 is 28.0. The van der Waals surface area contributed by atoms with Crippen molar-refractivity contribution in [2.75, 3.05) is 5.33 Å². The maximum Gasteiger partial charge on any atom is 0.240 e. The van der Waals surface area contributed by atoms with Crippen LogP contribution < -0.4 is 4.72 Å². The number of nitrogens with one attached hydrogen (secondary N) is 1. The van der Waals surface area contributed by atoms with Crippen LogP contribution in [0.1, 0.15) is 20.3 Å². The Balaban J connectivity index is 2.89. The average molecular weight is 399 g/mol. The molecule has 0 aliphatic carbocycles. The molecule has 0 aromatic heterocycles. The molecule has 6 heteroatoms. The average Bonchev–Trinajstić information content (AvgIpc) is 2.28. The summed E-state index contributed by atoms with van der Waals surface area (Å²) in [5.74, 6) is 0.257. The molecular formula is C12H17Br2NO2S. The summed E-state index contributed by atoms with van der Waals surface area (Å²) in [6.45, 7) is 4.02. The predicted molar refractivity (Wildman–Crippen MR) is 81.5 cm³/mol. The zero-order valence-electron chi connectivity index (χ0n) is 10.4. The van der Waals surface area contributed by atoms with E-state index >= 15 is 0 Å². The van der Waals surface area contributed by atoms with E-state index in [1.807, 2.05) is 13.8 Å². The summed E-state index contributed by atoms with van der Waals surface area (Å²) in [5.41, 5.74) is 0. The van der Waals surface area contributed by atoms with Crippen molar-refractivity contribution < 1.29 is 8.42 Å². The fraction of sp³-hybridized carbons (Fsp3) is 0.500. The molecule has 0 spiro atoms. The third-order valence-corrected chi connectivity index (χ3v) is 5.15. The van der Waals surface area contributed by atoms with Crippen molar-refractivity contribution in [3.63, 3.8) is 0 Å². The van der Waals surface area contributed by atoms with Gasteiger partial charge in [-0.05, 0) is 36.6 Å². The summed E-state index contributed by atoms with van der Waals surface area (Å²) in [6.07, 6.45) is 0.771. The molecule has 0 aliphatic rings. The molecule has 0 heterocycles. The first-order valence-corrected chi connectivity index (χ1v) is 9.10. The number of hydrogen-bond acceptors (Lipinski definition) is 2. The smallest absolute Gasteiger partial charge is 0.208 e. The molecule has 3 nitrogen and oxygen atoms in total. The molecule has 1 rings (SSSR count). The van der Waals surface area contributed by atoms with E-state index in [4.69, 9.17) is 0 Å². The molecule has 0 amide bonds. The highest BCUT2D eigenvalue weighted by molar-refractivity contribution is 9.10. The van der Waals surface area contributed by atoms with Gasteiger partial charge in [0.15, 0.2) is 0 Å². The van der Waals surface area contributed by atoms with Gasteiger partial charge >= 0.3 is 0 Å². The minimum absolute atomic E-state index is 0.0574. The first kappa shape index (κ1) is 16.1. The Labute approximate surface area is 126 Å². The fourth-order valence-electron chi connectivity index (χ4n) is 1.53. The topological polar surface area (TPSA) is 46.2 Å². The quantitative estimate of drug-likeness (QED) is 0.745. The minimum atomic E-state index is -3.44. The van der Waals surface area contributed by atoms with Crippen molar-refractivity contribution in [1.82, 2.24) is 4.72 Å². The van der Waals surface area contributed by atoms with Crippen LogP contribution in [0, 0.1) is 5.92 Å². The summed E-state index contributed by atoms with van der Waals surface area (Å²) >= 11 is 6.64. The van der Waals surface area contributed by atoms with Crippen LogP contribution in [0.25, 0.3) is 0 Å². The summed E-state index contributed by atoms with van der Waals surface area (Å²) in [4.78, 5) is 0.297. The zero-order chi connectivity index (χ0) is 13.8. The first-order valence-electron chi connectivity index (χ1n) is 5.70. The van der Waals surface area contributed by atoms with Gasteiger partial charge in [0, 0.05) is 15.8 Å². The van der Waals surface area contributed by atoms with Crippen LogP contribution in [0.3, 0.4) is 0 Å². The van der Waals surface area contributed by atoms with Crippen molar-refractivity contribution in [2.45, 2.75) is 31.2 Å². The van der Waals surface area contributed by atoms with Crippen molar-refractivity contribution in [3.8, 4) is 0 Å². The van der Waals surface area contributed by atoms with Crippen LogP contribution in [0.4, 0.5) is 0 Å². The van der Waals surface area contributed by atoms with Gasteiger partial charge in [0.25, 0.3) is 0 Å². The number of alkyl halides is 1. The van der Waals surface area contributed by atoms with Gasteiger partial charge in [0.2, 0.25) is 10.0 Å². The molecule has 0 radical (unpaired) electrons. The number of sulfonamides is 1. The molecule has 1 aromatic rings. The van der Waals surface area contributed by atoms with Gasteiger partial charge < -0.3 is 0 Å². The molecule has 102 valence electrons. The van der Waals surface area contributed by atoms with Crippen LogP contribution in [0.5, 0.6) is 0 Å². The van der Waals surface area contributed by atoms with Crippen LogP contribution in [0.15, 0.2) is 33.6 Å². The van der Waals surface area contributed by atoms with Gasteiger partial charge in [-0.15, -0.1) is 0 Å². The van der Waals surface area contributed by atoms with Crippen LogP contribution in [-0.4, -0.2) is 19.8 Å². The lowest BCUT2D eigenvalue weighted by Crippen LogP contribution is -2.38. The molecule has 0 aliphatic heterocycles. The van der Waals surface area contributed by atoms with Crippen molar-refractivity contribution in [1.29, 1.82) is 0 Å². The lowest BCUT2D eigenvalue weighted by Gasteiger charge is -2.21. The number of benzene rings is 1. The Morgan fingerprint density at radius 1 is 1.22 bits per heavy atom. The first-order chi connectivity index (χ1) is 8.36. The third kappa shape index (κ3) is 4.64. The van der Waals surface area contributed by atoms with Gasteiger partial charge in [-0.3, -0.25) is 0 Å². The normalized spacial score (nSPS) is 13.8. The molecule has 1 N–H and O–H groups in total. The number of hydrogen-bond donors (Lipinski definition) is 1. The lowest BCUT2D eigenvalue weighted by atomic mass is 10.0. The second kappa shape index (κ2) is 7.03. The van der Waals surface area contributed by atoms with Gasteiger partial charge in [-0.1, -0.05) is 45.7 Å². The van der Waals surface area contributed by atoms with E-state index in [2.05, 4.69) is 36.6 Å². The standard InChI is InChI=1S/C12H17Br2NO2S/c1-9(2)12(7-8-13)15-18(16,17)11-5-3-10(14)4-6-11/h3-6,9,12,15H,7-8H2,1-2H3. The highest BCUT2D eigenvalue weighted by atomic mass is 79.9. The molecule has 18 heavy (non-hydrogen) atoms. The maximum atomic E-state index is 12.2. The maximum absolute atomic E-state index is 12.2. The molecule has 0 saturated carbocycles. The zero-order valence-corrected chi connectivity index (χ0v) is 14.3. The van der Waals surface area contributed by atoms with E-state index in [1.54, 1.807) is 24.3 Å². The summed E-state index contributed by atoms with van der Waals surface area (Å²) in [5, 5.41) is 0.776. The SMILES string of the molecule is CC(C)C(CCBr)NS(=O)(=O)c1ccc(Br)cc1. The molecule has 1 unspecified atom stereocenters. The second-order valence-corrected chi connectivity index (χ2v) is 7.83. The Morgan fingerprint density at radius 3 is 2.22 bits per heavy atom. The Hall–Kier alpha value is 0.0900. The van der Waals surface area contributed by atoms with Crippen LogP contribution >= 0.6 is 31.9 Å². The largest absolute Gasteiger partial charge is 0.240 e. The third-order valence-electron chi connectivity index (χ3n) is 2.66. The van der Waals surface area contributed by atoms with Crippen molar-refractivity contribution >= 4 is 41.9 Å². The molecular weight excluding hydrogens is 382 g/mol. The predicted octanol–water partition coefficient (Wildman–Crippen LogP) is 3.54.